The predicted molar refractivity (Wildman–Crippen MR) is 151 cm³/mol. The van der Waals surface area contributed by atoms with Gasteiger partial charge in [-0.15, -0.1) is 23.1 Å². The molecule has 2 amide bonds. The molecule has 0 radical (unpaired) electrons. The van der Waals surface area contributed by atoms with Gasteiger partial charge in [-0.05, 0) is 26.0 Å². The molecule has 6 N–H and O–H groups in total. The van der Waals surface area contributed by atoms with Gasteiger partial charge in [-0.2, -0.15) is 0 Å². The fraction of sp³-hybridized carbons (Fsp3) is 0.385. The Morgan fingerprint density at radius 3 is 2.42 bits per heavy atom. The highest BCUT2D eigenvalue weighted by molar-refractivity contribution is 8.00. The molecule has 1 fully saturated rings. The number of likely N-dealkylation sites (N-methyl/N-ethyl adjacent to an activating group) is 1. The first-order valence-electron chi connectivity index (χ1n) is 12.9. The van der Waals surface area contributed by atoms with Gasteiger partial charge in [0.05, 0.1) is 18.7 Å². The maximum Gasteiger partial charge on any atom is 0.350 e. The van der Waals surface area contributed by atoms with Gasteiger partial charge in [0, 0.05) is 27.8 Å². The summed E-state index contributed by atoms with van der Waals surface area (Å²) >= 11 is 2.28. The monoisotopic (exact) mass is 632 g/mol. The number of β-lactam (4-membered cyclic amide) rings is 1. The molecule has 0 spiro atoms. The molecule has 0 saturated carbocycles. The van der Waals surface area contributed by atoms with Crippen molar-refractivity contribution in [3.63, 3.8) is 0 Å². The van der Waals surface area contributed by atoms with Crippen LogP contribution in [0.5, 0.6) is 11.5 Å². The van der Waals surface area contributed by atoms with Crippen molar-refractivity contribution in [3.05, 3.63) is 45.6 Å². The number of thioether (sulfide) groups is 1. The molecule has 228 valence electrons. The number of carboxylic acid groups (broad SMARTS) is 2. The summed E-state index contributed by atoms with van der Waals surface area (Å²) in [6.45, 7) is 3.67. The van der Waals surface area contributed by atoms with Crippen LogP contribution < -0.4 is 16.2 Å². The van der Waals surface area contributed by atoms with Crippen LogP contribution in [-0.2, 0) is 37.1 Å². The van der Waals surface area contributed by atoms with Gasteiger partial charge in [0.15, 0.2) is 22.3 Å². The zero-order valence-electron chi connectivity index (χ0n) is 23.2. The van der Waals surface area contributed by atoms with E-state index in [4.69, 9.17) is 10.6 Å². The fourth-order valence-electron chi connectivity index (χ4n) is 5.21. The summed E-state index contributed by atoms with van der Waals surface area (Å²) in [6, 6.07) is 1.87. The number of thiazole rings is 1. The Hall–Kier alpha value is -4.35. The molecule has 0 aliphatic carbocycles. The lowest BCUT2D eigenvalue weighted by atomic mass is 10.0. The van der Waals surface area contributed by atoms with Crippen molar-refractivity contribution in [2.45, 2.75) is 44.0 Å². The number of quaternary nitrogens is 1. The number of nitrogens with two attached hydrogens (primary N) is 1. The van der Waals surface area contributed by atoms with E-state index in [1.54, 1.807) is 0 Å². The highest BCUT2D eigenvalue weighted by Gasteiger charge is 2.54. The SMILES string of the molecule is CC(C)(O/N=C(\C(=O)N[C@@H]1C(=O)N2C(C(=O)[O-])=C(C[N+]3(C)Cc4cc(O)c(O)cc4C3)CS[C@H]12)c1csc(N)n1)C(=O)O. The molecule has 1 saturated heterocycles. The molecule has 0 unspecified atom stereocenters. The van der Waals surface area contributed by atoms with Crippen molar-refractivity contribution in [1.29, 1.82) is 0 Å². The summed E-state index contributed by atoms with van der Waals surface area (Å²) in [7, 11) is 1.91. The minimum absolute atomic E-state index is 0.00364. The van der Waals surface area contributed by atoms with E-state index in [1.807, 2.05) is 7.05 Å². The topological polar surface area (TPSA) is 228 Å². The third-order valence-electron chi connectivity index (χ3n) is 7.36. The molecule has 0 bridgehead atoms. The molecule has 17 heteroatoms. The van der Waals surface area contributed by atoms with Crippen molar-refractivity contribution < 1.29 is 48.9 Å². The van der Waals surface area contributed by atoms with Gasteiger partial charge in [-0.25, -0.2) is 9.78 Å². The summed E-state index contributed by atoms with van der Waals surface area (Å²) < 4.78 is 0.348. The van der Waals surface area contributed by atoms with Crippen LogP contribution in [0.1, 0.15) is 30.7 Å². The Kier molecular flexibility index (Phi) is 7.52. The Morgan fingerprint density at radius 2 is 1.88 bits per heavy atom. The number of aromatic nitrogens is 1. The van der Waals surface area contributed by atoms with Crippen LogP contribution in [0.25, 0.3) is 0 Å². The number of benzene rings is 1. The molecule has 3 aliphatic heterocycles. The number of nitrogen functional groups attached to an aromatic ring is 1. The van der Waals surface area contributed by atoms with Crippen LogP contribution >= 0.6 is 23.1 Å². The van der Waals surface area contributed by atoms with Gasteiger partial charge in [-0.3, -0.25) is 14.5 Å². The molecule has 2 aromatic rings. The molecular weight excluding hydrogens is 604 g/mol. The number of oxime groups is 1. The summed E-state index contributed by atoms with van der Waals surface area (Å²) in [5.74, 6) is -4.66. The van der Waals surface area contributed by atoms with E-state index < -0.39 is 46.5 Å². The average Bonchev–Trinajstić information content (AvgIpc) is 3.48. The highest BCUT2D eigenvalue weighted by atomic mass is 32.2. The van der Waals surface area contributed by atoms with Gasteiger partial charge in [0.2, 0.25) is 5.60 Å². The number of hydrogen-bond donors (Lipinski definition) is 5. The molecule has 43 heavy (non-hydrogen) atoms. The van der Waals surface area contributed by atoms with Gasteiger partial charge in [0.25, 0.3) is 11.8 Å². The van der Waals surface area contributed by atoms with Crippen LogP contribution in [0.2, 0.25) is 0 Å². The maximum absolute atomic E-state index is 13.3. The number of aromatic hydroxyl groups is 2. The number of hydrogen-bond acceptors (Lipinski definition) is 13. The first kappa shape index (κ1) is 30.1. The Labute approximate surface area is 252 Å². The molecular formula is C26H28N6O9S2. The summed E-state index contributed by atoms with van der Waals surface area (Å²) in [4.78, 5) is 60.5. The van der Waals surface area contributed by atoms with Gasteiger partial charge in [0.1, 0.15) is 36.7 Å². The second kappa shape index (κ2) is 10.7. The quantitative estimate of drug-likeness (QED) is 0.0759. The van der Waals surface area contributed by atoms with Crippen LogP contribution in [0.3, 0.4) is 0 Å². The number of rotatable bonds is 9. The first-order chi connectivity index (χ1) is 20.1. The number of phenols is 2. The standard InChI is InChI=1S/C26H28N6O9S2/c1-26(2,24(39)40)41-30-17(14-10-43-25(27)28-14)20(35)29-18-21(36)31-19(23(37)38)13(9-42-22(18)31)8-32(3)6-11-4-15(33)16(34)5-12(11)7-32/h4-5,10,18,22H,6-9H2,1-3H3,(H6-,27,28,29,30,33,34,35,37,38,39,40)/t18-,22-/m1/s1. The number of aliphatic carboxylic acids is 2. The third-order valence-corrected chi connectivity index (χ3v) is 9.37. The normalized spacial score (nSPS) is 21.1. The van der Waals surface area contributed by atoms with Crippen LogP contribution in [0.4, 0.5) is 5.13 Å². The Balaban J connectivity index is 1.35. The van der Waals surface area contributed by atoms with Crippen molar-refractivity contribution in [2.24, 2.45) is 5.16 Å². The van der Waals surface area contributed by atoms with Crippen molar-refractivity contribution in [3.8, 4) is 11.5 Å². The van der Waals surface area contributed by atoms with Crippen molar-refractivity contribution in [2.75, 3.05) is 25.1 Å². The number of nitrogens with one attached hydrogen (secondary N) is 1. The molecule has 3 aliphatic rings. The number of carbonyl (C=O) groups is 4. The van der Waals surface area contributed by atoms with Gasteiger partial charge < -0.3 is 45.6 Å². The summed E-state index contributed by atoms with van der Waals surface area (Å²) in [5, 5.41) is 48.5. The van der Waals surface area contributed by atoms with E-state index in [0.717, 1.165) is 27.4 Å². The molecule has 15 nitrogen and oxygen atoms in total. The Morgan fingerprint density at radius 1 is 1.26 bits per heavy atom. The maximum atomic E-state index is 13.3. The number of fused-ring (bicyclic) bond motifs is 2. The van der Waals surface area contributed by atoms with Crippen molar-refractivity contribution in [1.82, 2.24) is 15.2 Å². The minimum Gasteiger partial charge on any atom is -0.543 e. The summed E-state index contributed by atoms with van der Waals surface area (Å²) in [6.07, 6.45) is 0. The average molecular weight is 633 g/mol. The molecule has 4 heterocycles. The zero-order chi connectivity index (χ0) is 31.4. The van der Waals surface area contributed by atoms with E-state index in [1.165, 1.54) is 43.1 Å². The van der Waals surface area contributed by atoms with Gasteiger partial charge in [-0.1, -0.05) is 5.16 Å². The van der Waals surface area contributed by atoms with E-state index >= 15 is 0 Å². The van der Waals surface area contributed by atoms with E-state index in [-0.39, 0.29) is 40.3 Å². The number of nitrogens with zero attached hydrogens (tertiary/aromatic N) is 4. The van der Waals surface area contributed by atoms with Crippen LogP contribution in [-0.4, -0.2) is 95.5 Å². The lowest BCUT2D eigenvalue weighted by Gasteiger charge is -2.51. The van der Waals surface area contributed by atoms with Gasteiger partial charge >= 0.3 is 5.97 Å². The van der Waals surface area contributed by atoms with E-state index in [9.17, 15) is 39.6 Å². The van der Waals surface area contributed by atoms with E-state index in [2.05, 4.69) is 15.5 Å². The molecule has 5 rings (SSSR count). The minimum atomic E-state index is -1.78. The number of carbonyl (C=O) groups excluding carboxylic acids is 3. The van der Waals surface area contributed by atoms with E-state index in [0.29, 0.717) is 23.1 Å². The highest BCUT2D eigenvalue weighted by Crippen LogP contribution is 2.42. The number of anilines is 1. The smallest absolute Gasteiger partial charge is 0.350 e. The Bertz CT molecular complexity index is 1590. The summed E-state index contributed by atoms with van der Waals surface area (Å²) in [5.41, 5.74) is 5.38. The molecule has 2 atom stereocenters. The fourth-order valence-corrected chi connectivity index (χ4v) is 7.09. The number of amides is 2. The number of carboxylic acids is 2. The molecule has 1 aromatic heterocycles. The number of phenolic OH excluding ortho intramolecular Hbond substituents is 2. The second-order valence-electron chi connectivity index (χ2n) is 11.2. The third kappa shape index (κ3) is 5.57. The predicted octanol–water partition coefficient (Wildman–Crippen LogP) is -0.715. The lowest BCUT2D eigenvalue weighted by molar-refractivity contribution is -0.924. The zero-order valence-corrected chi connectivity index (χ0v) is 24.8. The van der Waals surface area contributed by atoms with Crippen molar-refractivity contribution >= 4 is 57.7 Å². The van der Waals surface area contributed by atoms with Crippen LogP contribution in [0.15, 0.2) is 33.9 Å². The molecule has 1 aromatic carbocycles. The van der Waals surface area contributed by atoms with Crippen LogP contribution in [0, 0.1) is 0 Å². The largest absolute Gasteiger partial charge is 0.543 e. The lowest BCUT2D eigenvalue weighted by Crippen LogP contribution is -2.71. The second-order valence-corrected chi connectivity index (χ2v) is 13.2. The first-order valence-corrected chi connectivity index (χ1v) is 14.8.